The summed E-state index contributed by atoms with van der Waals surface area (Å²) < 4.78 is 31.5. The van der Waals surface area contributed by atoms with E-state index < -0.39 is 0 Å². The highest BCUT2D eigenvalue weighted by Gasteiger charge is 2.28. The van der Waals surface area contributed by atoms with Gasteiger partial charge in [0.05, 0.1) is 33.0 Å². The molecule has 16 rings (SSSR count). The molecule has 10 aromatic heterocycles. The third kappa shape index (κ3) is 3.61. The summed E-state index contributed by atoms with van der Waals surface area (Å²) in [5.41, 5.74) is 12.8. The Hall–Kier alpha value is -8.76. The van der Waals surface area contributed by atoms with Gasteiger partial charge in [0.1, 0.15) is 44.7 Å². The van der Waals surface area contributed by atoms with Gasteiger partial charge < -0.3 is 17.7 Å². The summed E-state index contributed by atoms with van der Waals surface area (Å²) in [6, 6.07) is 38.9. The van der Waals surface area contributed by atoms with E-state index in [-0.39, 0.29) is 0 Å². The fraction of sp³-hybridized carbons (Fsp3) is 0. The van der Waals surface area contributed by atoms with Gasteiger partial charge in [0.2, 0.25) is 0 Å². The summed E-state index contributed by atoms with van der Waals surface area (Å²) in [6.07, 6.45) is 9.66. The molecule has 0 atom stereocenters. The van der Waals surface area contributed by atoms with Gasteiger partial charge in [-0.25, -0.2) is 9.97 Å². The molecule has 0 aliphatic rings. The van der Waals surface area contributed by atoms with E-state index in [1.807, 2.05) is 91.5 Å². The van der Waals surface area contributed by atoms with Crippen molar-refractivity contribution in [1.82, 2.24) is 28.7 Å². The second kappa shape index (κ2) is 10.7. The van der Waals surface area contributed by atoms with Crippen molar-refractivity contribution in [3.05, 3.63) is 146 Å². The maximum Gasteiger partial charge on any atom is 0.180 e. The highest BCUT2D eigenvalue weighted by Crippen LogP contribution is 2.49. The zero-order chi connectivity index (χ0) is 39.9. The van der Waals surface area contributed by atoms with Gasteiger partial charge in [-0.2, -0.15) is 0 Å². The first-order valence-electron chi connectivity index (χ1n) is 20.4. The lowest BCUT2D eigenvalue weighted by molar-refractivity contribution is 0.633. The topological polar surface area (TPSA) is 113 Å². The SMILES string of the molecule is c1ccc2c(c1)oc1c3c4cc(-c5cn6c(n5)c5cccnc5c5c7c8ccccc8oc7c7oc8ccccc8c7c56)ccc4oc3c3c(c4ncccc4c4nccn43)c21. The normalized spacial score (nSPS) is 12.8. The fourth-order valence-corrected chi connectivity index (χ4v) is 10.6. The molecular weight excluding hydrogens is 773 g/mol. The monoisotopic (exact) mass is 796 g/mol. The third-order valence-corrected chi connectivity index (χ3v) is 13.0. The molecule has 10 nitrogen and oxygen atoms in total. The lowest BCUT2D eigenvalue weighted by atomic mass is 9.99. The highest BCUT2D eigenvalue weighted by molar-refractivity contribution is 6.39. The first-order valence-corrected chi connectivity index (χ1v) is 20.4. The number of para-hydroxylation sites is 3. The highest BCUT2D eigenvalue weighted by atomic mass is 16.4. The molecule has 0 amide bonds. The number of benzene rings is 6. The Morgan fingerprint density at radius 2 is 0.952 bits per heavy atom. The van der Waals surface area contributed by atoms with E-state index >= 15 is 0 Å². The third-order valence-electron chi connectivity index (χ3n) is 13.0. The first-order chi connectivity index (χ1) is 30.8. The Balaban J connectivity index is 1.06. The summed E-state index contributed by atoms with van der Waals surface area (Å²) >= 11 is 0. The van der Waals surface area contributed by atoms with Crippen molar-refractivity contribution in [2.75, 3.05) is 0 Å². The molecule has 0 aliphatic heterocycles. The lowest BCUT2D eigenvalue weighted by Crippen LogP contribution is -1.93. The fourth-order valence-electron chi connectivity index (χ4n) is 10.6. The maximum atomic E-state index is 6.92. The molecule has 0 saturated carbocycles. The van der Waals surface area contributed by atoms with Crippen molar-refractivity contribution in [2.24, 2.45) is 0 Å². The van der Waals surface area contributed by atoms with Crippen LogP contribution in [0.3, 0.4) is 0 Å². The van der Waals surface area contributed by atoms with E-state index in [4.69, 9.17) is 37.6 Å². The van der Waals surface area contributed by atoms with Crippen molar-refractivity contribution in [3.8, 4) is 11.3 Å². The van der Waals surface area contributed by atoms with Crippen LogP contribution in [0.1, 0.15) is 0 Å². The van der Waals surface area contributed by atoms with Gasteiger partial charge in [0.25, 0.3) is 0 Å². The number of hydrogen-bond donors (Lipinski definition) is 0. The second-order valence-corrected chi connectivity index (χ2v) is 16.1. The van der Waals surface area contributed by atoms with Crippen LogP contribution >= 0.6 is 0 Å². The van der Waals surface area contributed by atoms with Gasteiger partial charge >= 0.3 is 0 Å². The van der Waals surface area contributed by atoms with Gasteiger partial charge in [-0.3, -0.25) is 18.8 Å². The molecule has 0 radical (unpaired) electrons. The average molecular weight is 797 g/mol. The van der Waals surface area contributed by atoms with Crippen LogP contribution in [0.5, 0.6) is 0 Å². The number of pyridine rings is 4. The molecule has 0 spiro atoms. The lowest BCUT2D eigenvalue weighted by Gasteiger charge is -2.10. The van der Waals surface area contributed by atoms with Crippen LogP contribution in [0.15, 0.2) is 164 Å². The average Bonchev–Trinajstić information content (AvgIpc) is 4.18. The summed E-state index contributed by atoms with van der Waals surface area (Å²) in [5, 5.41) is 11.5. The molecule has 0 aliphatic carbocycles. The number of hydrogen-bond acceptors (Lipinski definition) is 8. The van der Waals surface area contributed by atoms with E-state index in [0.717, 1.165) is 137 Å². The van der Waals surface area contributed by atoms with Crippen molar-refractivity contribution < 1.29 is 17.7 Å². The largest absolute Gasteiger partial charge is 0.455 e. The molecule has 10 heteroatoms. The Morgan fingerprint density at radius 3 is 1.68 bits per heavy atom. The molecule has 0 N–H and O–H groups in total. The summed E-state index contributed by atoms with van der Waals surface area (Å²) in [6.45, 7) is 0. The van der Waals surface area contributed by atoms with Crippen LogP contribution < -0.4 is 0 Å². The molecule has 6 aromatic carbocycles. The summed E-state index contributed by atoms with van der Waals surface area (Å²) in [4.78, 5) is 20.3. The van der Waals surface area contributed by atoms with Gasteiger partial charge in [-0.05, 0) is 60.7 Å². The van der Waals surface area contributed by atoms with E-state index in [9.17, 15) is 0 Å². The van der Waals surface area contributed by atoms with E-state index in [2.05, 4.69) is 63.5 Å². The summed E-state index contributed by atoms with van der Waals surface area (Å²) in [5.74, 6) is 0. The zero-order valence-electron chi connectivity index (χ0n) is 32.2. The molecule has 16 aromatic rings. The van der Waals surface area contributed by atoms with Gasteiger partial charge in [0.15, 0.2) is 16.7 Å². The van der Waals surface area contributed by atoms with Gasteiger partial charge in [0, 0.05) is 90.4 Å². The number of rotatable bonds is 1. The van der Waals surface area contributed by atoms with E-state index in [1.165, 1.54) is 0 Å². The maximum absolute atomic E-state index is 6.92. The first kappa shape index (κ1) is 31.2. The van der Waals surface area contributed by atoms with Crippen molar-refractivity contribution in [3.63, 3.8) is 0 Å². The molecule has 0 bridgehead atoms. The van der Waals surface area contributed by atoms with Gasteiger partial charge in [-0.1, -0.05) is 54.6 Å². The predicted molar refractivity (Wildman–Crippen MR) is 244 cm³/mol. The zero-order valence-corrected chi connectivity index (χ0v) is 32.2. The van der Waals surface area contributed by atoms with Crippen molar-refractivity contribution in [2.45, 2.75) is 0 Å². The molecule has 0 unspecified atom stereocenters. The Bertz CT molecular complexity index is 4710. The van der Waals surface area contributed by atoms with Crippen LogP contribution in [0.2, 0.25) is 0 Å². The number of aromatic nitrogens is 6. The van der Waals surface area contributed by atoms with Crippen LogP contribution in [-0.2, 0) is 0 Å². The summed E-state index contributed by atoms with van der Waals surface area (Å²) in [7, 11) is 0. The number of furan rings is 4. The quantitative estimate of drug-likeness (QED) is 0.151. The number of imidazole rings is 2. The van der Waals surface area contributed by atoms with Crippen LogP contribution in [0, 0.1) is 0 Å². The van der Waals surface area contributed by atoms with Crippen LogP contribution in [0.25, 0.3) is 154 Å². The second-order valence-electron chi connectivity index (χ2n) is 16.1. The molecule has 62 heavy (non-hydrogen) atoms. The minimum Gasteiger partial charge on any atom is -0.455 e. The predicted octanol–water partition coefficient (Wildman–Crippen LogP) is 13.6. The van der Waals surface area contributed by atoms with Crippen molar-refractivity contribution in [1.29, 1.82) is 0 Å². The van der Waals surface area contributed by atoms with E-state index in [1.54, 1.807) is 0 Å². The standard InChI is InChI=1S/C52H24N6O4/c1-4-14-33-26(9-1)37-42-43-29(12-7-19-53-43)51-55-21-22-57(51)46(42)48-40(47(37)59-33)31-23-25(17-18-36(31)60-48)32-24-58-45-39-28-11-3-6-16-35(28)62-50(39)49-38(27-10-2-5-15-34(27)61-49)41(45)44-30(52(58)56-32)13-8-20-54-44/h1-24H. The Kier molecular flexibility index (Phi) is 5.38. The van der Waals surface area contributed by atoms with Crippen LogP contribution in [0.4, 0.5) is 0 Å². The van der Waals surface area contributed by atoms with E-state index in [0.29, 0.717) is 16.7 Å². The molecule has 0 fully saturated rings. The number of nitrogens with zero attached hydrogens (tertiary/aromatic N) is 6. The Labute approximate surface area is 345 Å². The molecular formula is C52H24N6O4. The minimum atomic E-state index is 0.695. The smallest absolute Gasteiger partial charge is 0.180 e. The number of fused-ring (bicyclic) bond motifs is 30. The van der Waals surface area contributed by atoms with Crippen LogP contribution in [-0.4, -0.2) is 28.7 Å². The minimum absolute atomic E-state index is 0.695. The molecule has 10 heterocycles. The van der Waals surface area contributed by atoms with Gasteiger partial charge in [-0.15, -0.1) is 0 Å². The molecule has 0 saturated heterocycles. The molecule has 286 valence electrons. The Morgan fingerprint density at radius 1 is 0.387 bits per heavy atom. The van der Waals surface area contributed by atoms with Crippen molar-refractivity contribution >= 4 is 143 Å².